The first-order valence-electron chi connectivity index (χ1n) is 11.2. The van der Waals surface area contributed by atoms with Crippen molar-refractivity contribution in [1.29, 1.82) is 0 Å². The molecule has 1 atom stereocenters. The van der Waals surface area contributed by atoms with E-state index in [1.165, 1.54) is 4.90 Å². The lowest BCUT2D eigenvalue weighted by atomic mass is 9.94. The largest absolute Gasteiger partial charge is 0.507 e. The molecule has 1 N–H and O–H groups in total. The summed E-state index contributed by atoms with van der Waals surface area (Å²) >= 11 is 6.11. The minimum atomic E-state index is -0.790. The number of rotatable bonds is 6. The standard InChI is InChI=1S/C28H26ClNO4/c1-4-18-8-10-19(11-9-18)25-24(26(31)20-6-5-7-21(29)16-20)27(32)28(33)30(25)22-12-14-23(15-13-22)34-17(2)3/h5-17,25,31H,4H2,1-3H3/b26-24-. The molecule has 5 nitrogen and oxygen atoms in total. The monoisotopic (exact) mass is 475 g/mol. The SMILES string of the molecule is CCc1ccc(C2/C(=C(/O)c3cccc(Cl)c3)C(=O)C(=O)N2c2ccc(OC(C)C)cc2)cc1. The van der Waals surface area contributed by atoms with E-state index in [-0.39, 0.29) is 17.4 Å². The van der Waals surface area contributed by atoms with Crippen molar-refractivity contribution >= 4 is 34.7 Å². The maximum atomic E-state index is 13.3. The Morgan fingerprint density at radius 2 is 1.71 bits per heavy atom. The lowest BCUT2D eigenvalue weighted by molar-refractivity contribution is -0.132. The topological polar surface area (TPSA) is 66.8 Å². The second kappa shape index (κ2) is 9.74. The molecule has 0 saturated carbocycles. The van der Waals surface area contributed by atoms with E-state index in [1.54, 1.807) is 48.5 Å². The summed E-state index contributed by atoms with van der Waals surface area (Å²) in [5.74, 6) is -1.04. The molecule has 3 aromatic carbocycles. The fourth-order valence-corrected chi connectivity index (χ4v) is 4.29. The number of ether oxygens (including phenoxy) is 1. The normalized spacial score (nSPS) is 17.4. The summed E-state index contributed by atoms with van der Waals surface area (Å²) in [6.07, 6.45) is 0.871. The van der Waals surface area contributed by atoms with Gasteiger partial charge in [-0.15, -0.1) is 0 Å². The maximum Gasteiger partial charge on any atom is 0.300 e. The Morgan fingerprint density at radius 3 is 2.29 bits per heavy atom. The van der Waals surface area contributed by atoms with Gasteiger partial charge in [0.15, 0.2) is 0 Å². The average Bonchev–Trinajstić information content (AvgIpc) is 3.09. The highest BCUT2D eigenvalue weighted by Crippen LogP contribution is 2.42. The second-order valence-corrected chi connectivity index (χ2v) is 8.87. The van der Waals surface area contributed by atoms with Crippen LogP contribution in [0, 0.1) is 0 Å². The molecule has 1 fully saturated rings. The van der Waals surface area contributed by atoms with Crippen LogP contribution in [-0.4, -0.2) is 22.9 Å². The number of aliphatic hydroxyl groups excluding tert-OH is 1. The molecule has 6 heteroatoms. The lowest BCUT2D eigenvalue weighted by Crippen LogP contribution is -2.29. The van der Waals surface area contributed by atoms with Gasteiger partial charge >= 0.3 is 0 Å². The van der Waals surface area contributed by atoms with E-state index in [0.717, 1.165) is 17.5 Å². The number of aryl methyl sites for hydroxylation is 1. The van der Waals surface area contributed by atoms with E-state index in [2.05, 4.69) is 6.92 Å². The third-order valence-corrected chi connectivity index (χ3v) is 5.97. The van der Waals surface area contributed by atoms with E-state index >= 15 is 0 Å². The number of anilines is 1. The Morgan fingerprint density at radius 1 is 1.03 bits per heavy atom. The number of hydrogen-bond donors (Lipinski definition) is 1. The van der Waals surface area contributed by atoms with Gasteiger partial charge in [0.2, 0.25) is 0 Å². The summed E-state index contributed by atoms with van der Waals surface area (Å²) in [6.45, 7) is 5.92. The first-order valence-corrected chi connectivity index (χ1v) is 11.6. The minimum Gasteiger partial charge on any atom is -0.507 e. The molecule has 0 radical (unpaired) electrons. The highest BCUT2D eigenvalue weighted by atomic mass is 35.5. The van der Waals surface area contributed by atoms with Gasteiger partial charge in [0, 0.05) is 16.3 Å². The number of carbonyl (C=O) groups excluding carboxylic acids is 2. The number of hydrogen-bond acceptors (Lipinski definition) is 4. The van der Waals surface area contributed by atoms with Crippen LogP contribution >= 0.6 is 11.6 Å². The molecule has 0 aliphatic carbocycles. The fourth-order valence-electron chi connectivity index (χ4n) is 4.10. The number of amides is 1. The molecule has 1 aliphatic heterocycles. The summed E-state index contributed by atoms with van der Waals surface area (Å²) in [6, 6.07) is 20.5. The van der Waals surface area contributed by atoms with Crippen LogP contribution in [0.1, 0.15) is 43.5 Å². The smallest absolute Gasteiger partial charge is 0.300 e. The minimum absolute atomic E-state index is 0.00912. The summed E-state index contributed by atoms with van der Waals surface area (Å²) in [5, 5.41) is 11.6. The first-order chi connectivity index (χ1) is 16.3. The van der Waals surface area contributed by atoms with E-state index in [4.69, 9.17) is 16.3 Å². The Hall–Kier alpha value is -3.57. The van der Waals surface area contributed by atoms with E-state index in [0.29, 0.717) is 22.0 Å². The van der Waals surface area contributed by atoms with E-state index in [9.17, 15) is 14.7 Å². The van der Waals surface area contributed by atoms with Gasteiger partial charge in [-0.05, 0) is 67.8 Å². The third-order valence-electron chi connectivity index (χ3n) is 5.73. The summed E-state index contributed by atoms with van der Waals surface area (Å²) < 4.78 is 5.71. The molecule has 1 unspecified atom stereocenters. The number of Topliss-reactive ketones (excluding diaryl/α,β-unsaturated/α-hetero) is 1. The van der Waals surface area contributed by atoms with Crippen molar-refractivity contribution in [2.75, 3.05) is 4.90 Å². The Bertz CT molecular complexity index is 1250. The average molecular weight is 476 g/mol. The van der Waals surface area contributed by atoms with Gasteiger partial charge in [0.25, 0.3) is 11.7 Å². The summed E-state index contributed by atoms with van der Waals surface area (Å²) in [5.41, 5.74) is 2.79. The van der Waals surface area contributed by atoms with Crippen LogP contribution in [0.3, 0.4) is 0 Å². The van der Waals surface area contributed by atoms with Crippen LogP contribution in [0.4, 0.5) is 5.69 Å². The van der Waals surface area contributed by atoms with Gasteiger partial charge in [0.1, 0.15) is 11.5 Å². The Kier molecular flexibility index (Phi) is 6.75. The van der Waals surface area contributed by atoms with Crippen LogP contribution in [0.25, 0.3) is 5.76 Å². The van der Waals surface area contributed by atoms with Crippen molar-refractivity contribution in [1.82, 2.24) is 0 Å². The van der Waals surface area contributed by atoms with Crippen molar-refractivity contribution in [3.63, 3.8) is 0 Å². The maximum absolute atomic E-state index is 13.3. The summed E-state index contributed by atoms with van der Waals surface area (Å²) in [7, 11) is 0. The number of ketones is 1. The van der Waals surface area contributed by atoms with Crippen LogP contribution in [0.15, 0.2) is 78.4 Å². The van der Waals surface area contributed by atoms with Crippen molar-refractivity contribution < 1.29 is 19.4 Å². The molecule has 3 aromatic rings. The molecule has 1 heterocycles. The predicted molar refractivity (Wildman–Crippen MR) is 134 cm³/mol. The molecule has 1 aliphatic rings. The van der Waals surface area contributed by atoms with Crippen molar-refractivity contribution in [3.8, 4) is 5.75 Å². The van der Waals surface area contributed by atoms with Crippen LogP contribution in [-0.2, 0) is 16.0 Å². The number of nitrogens with zero attached hydrogens (tertiary/aromatic N) is 1. The second-order valence-electron chi connectivity index (χ2n) is 8.44. The number of benzene rings is 3. The van der Waals surface area contributed by atoms with Crippen molar-refractivity contribution in [3.05, 3.63) is 100 Å². The van der Waals surface area contributed by atoms with E-state index in [1.807, 2.05) is 38.1 Å². The fraction of sp³-hybridized carbons (Fsp3) is 0.214. The zero-order chi connectivity index (χ0) is 24.4. The Balaban J connectivity index is 1.87. The Labute approximate surface area is 204 Å². The zero-order valence-corrected chi connectivity index (χ0v) is 20.0. The van der Waals surface area contributed by atoms with Crippen LogP contribution in [0.2, 0.25) is 5.02 Å². The molecule has 0 bridgehead atoms. The van der Waals surface area contributed by atoms with Gasteiger partial charge in [-0.2, -0.15) is 0 Å². The van der Waals surface area contributed by atoms with Gasteiger partial charge in [-0.25, -0.2) is 0 Å². The molecule has 0 spiro atoms. The van der Waals surface area contributed by atoms with Gasteiger partial charge in [0.05, 0.1) is 17.7 Å². The molecule has 174 valence electrons. The van der Waals surface area contributed by atoms with Crippen LogP contribution in [0.5, 0.6) is 5.75 Å². The molecule has 4 rings (SSSR count). The number of halogens is 1. The molecule has 34 heavy (non-hydrogen) atoms. The first kappa shape index (κ1) is 23.6. The molecule has 1 amide bonds. The van der Waals surface area contributed by atoms with Crippen molar-refractivity contribution in [2.45, 2.75) is 39.3 Å². The number of aliphatic hydroxyl groups is 1. The molecule has 1 saturated heterocycles. The molecular weight excluding hydrogens is 450 g/mol. The summed E-state index contributed by atoms with van der Waals surface area (Å²) in [4.78, 5) is 27.9. The lowest BCUT2D eigenvalue weighted by Gasteiger charge is -2.26. The van der Waals surface area contributed by atoms with Crippen LogP contribution < -0.4 is 9.64 Å². The van der Waals surface area contributed by atoms with Gasteiger partial charge in [-0.1, -0.05) is 54.9 Å². The predicted octanol–water partition coefficient (Wildman–Crippen LogP) is 6.32. The van der Waals surface area contributed by atoms with Crippen molar-refractivity contribution in [2.24, 2.45) is 0 Å². The zero-order valence-electron chi connectivity index (χ0n) is 19.3. The quantitative estimate of drug-likeness (QED) is 0.257. The molecule has 0 aromatic heterocycles. The third kappa shape index (κ3) is 4.57. The number of carbonyl (C=O) groups is 2. The molecular formula is C28H26ClNO4. The van der Waals surface area contributed by atoms with Gasteiger partial charge < -0.3 is 9.84 Å². The van der Waals surface area contributed by atoms with E-state index < -0.39 is 17.7 Å². The van der Waals surface area contributed by atoms with Gasteiger partial charge in [-0.3, -0.25) is 14.5 Å². The highest BCUT2D eigenvalue weighted by Gasteiger charge is 2.47. The highest BCUT2D eigenvalue weighted by molar-refractivity contribution is 6.51.